The van der Waals surface area contributed by atoms with Crippen LogP contribution in [-0.2, 0) is 36.8 Å². The molecule has 0 spiro atoms. The van der Waals surface area contributed by atoms with Gasteiger partial charge in [-0.1, -0.05) is 42.5 Å². The maximum absolute atomic E-state index is 13.0. The summed E-state index contributed by atoms with van der Waals surface area (Å²) < 4.78 is 0. The fourth-order valence-electron chi connectivity index (χ4n) is 3.69. The van der Waals surface area contributed by atoms with Crippen molar-refractivity contribution in [3.63, 3.8) is 0 Å². The second-order valence-electron chi connectivity index (χ2n) is 8.90. The Balaban J connectivity index is 2.08. The highest BCUT2D eigenvalue weighted by Gasteiger charge is 2.27. The third-order valence-corrected chi connectivity index (χ3v) is 6.44. The lowest BCUT2D eigenvalue weighted by Crippen LogP contribution is -2.55. The second-order valence-corrected chi connectivity index (χ2v) is 9.89. The molecule has 12 nitrogen and oxygen atoms in total. The summed E-state index contributed by atoms with van der Waals surface area (Å²) >= 11 is 1.44. The summed E-state index contributed by atoms with van der Waals surface area (Å²) in [6.45, 7) is -0.846. The fraction of sp³-hybridized carbons (Fsp3) is 0.370. The molecule has 4 amide bonds. The first kappa shape index (κ1) is 32.1. The van der Waals surface area contributed by atoms with Gasteiger partial charge in [-0.05, 0) is 41.7 Å². The normalized spacial score (nSPS) is 12.8. The molecule has 0 aliphatic carbocycles. The first-order valence-corrected chi connectivity index (χ1v) is 13.9. The zero-order valence-electron chi connectivity index (χ0n) is 22.1. The number of thioether (sulfide) groups is 1. The van der Waals surface area contributed by atoms with Crippen LogP contribution >= 0.6 is 11.8 Å². The van der Waals surface area contributed by atoms with E-state index < -0.39 is 54.3 Å². The lowest BCUT2D eigenvalue weighted by atomic mass is 10.0. The van der Waals surface area contributed by atoms with E-state index in [2.05, 4.69) is 21.3 Å². The Morgan fingerprint density at radius 3 is 1.95 bits per heavy atom. The highest BCUT2D eigenvalue weighted by molar-refractivity contribution is 7.98. The van der Waals surface area contributed by atoms with E-state index in [9.17, 15) is 34.2 Å². The van der Waals surface area contributed by atoms with E-state index in [0.717, 1.165) is 5.56 Å². The van der Waals surface area contributed by atoms with Crippen molar-refractivity contribution >= 4 is 41.4 Å². The molecule has 0 aliphatic heterocycles. The van der Waals surface area contributed by atoms with E-state index in [0.29, 0.717) is 11.3 Å². The number of hydrogen-bond donors (Lipinski definition) is 7. The molecule has 2 rings (SSSR count). The minimum absolute atomic E-state index is 0.0421. The number of carboxylic acids is 1. The molecule has 0 aromatic heterocycles. The molecule has 0 bridgehead atoms. The van der Waals surface area contributed by atoms with Crippen LogP contribution in [0, 0.1) is 0 Å². The van der Waals surface area contributed by atoms with Crippen molar-refractivity contribution in [2.24, 2.45) is 5.73 Å². The lowest BCUT2D eigenvalue weighted by molar-refractivity contribution is -0.142. The Morgan fingerprint density at radius 2 is 1.38 bits per heavy atom. The SMILES string of the molecule is CSCC[C@H](NC(=O)[C@H](Cc1ccccc1)NC(=O)CNC(=O)[C@H](Cc1ccc(O)cc1)NC(=O)CN)C(=O)O. The summed E-state index contributed by atoms with van der Waals surface area (Å²) in [5.74, 6) is -3.20. The maximum atomic E-state index is 13.0. The largest absolute Gasteiger partial charge is 0.508 e. The molecule has 40 heavy (non-hydrogen) atoms. The number of benzene rings is 2. The van der Waals surface area contributed by atoms with Gasteiger partial charge in [-0.2, -0.15) is 11.8 Å². The van der Waals surface area contributed by atoms with E-state index in [4.69, 9.17) is 5.73 Å². The van der Waals surface area contributed by atoms with Gasteiger partial charge in [0.05, 0.1) is 13.1 Å². The molecule has 0 fully saturated rings. The van der Waals surface area contributed by atoms with Crippen molar-refractivity contribution in [1.29, 1.82) is 0 Å². The van der Waals surface area contributed by atoms with Crippen molar-refractivity contribution in [1.82, 2.24) is 21.3 Å². The van der Waals surface area contributed by atoms with Crippen molar-refractivity contribution in [2.45, 2.75) is 37.4 Å². The van der Waals surface area contributed by atoms with Gasteiger partial charge in [0.15, 0.2) is 0 Å². The zero-order chi connectivity index (χ0) is 29.5. The van der Waals surface area contributed by atoms with E-state index in [1.54, 1.807) is 42.5 Å². The van der Waals surface area contributed by atoms with Crippen molar-refractivity contribution in [2.75, 3.05) is 25.1 Å². The number of carbonyl (C=O) groups is 5. The number of nitrogens with two attached hydrogens (primary N) is 1. The Morgan fingerprint density at radius 1 is 0.800 bits per heavy atom. The van der Waals surface area contributed by atoms with Crippen LogP contribution in [0.15, 0.2) is 54.6 Å². The van der Waals surface area contributed by atoms with Crippen LogP contribution in [0.3, 0.4) is 0 Å². The van der Waals surface area contributed by atoms with Gasteiger partial charge in [-0.25, -0.2) is 4.79 Å². The minimum atomic E-state index is -1.18. The Labute approximate surface area is 236 Å². The number of aliphatic carboxylic acids is 1. The highest BCUT2D eigenvalue weighted by Crippen LogP contribution is 2.12. The Kier molecular flexibility index (Phi) is 13.5. The number of nitrogens with one attached hydrogen (secondary N) is 4. The number of phenolic OH excluding ortho intramolecular Hbond substituents is 1. The minimum Gasteiger partial charge on any atom is -0.508 e. The number of rotatable bonds is 16. The summed E-state index contributed by atoms with van der Waals surface area (Å²) in [4.78, 5) is 62.2. The molecule has 0 aliphatic rings. The van der Waals surface area contributed by atoms with Gasteiger partial charge >= 0.3 is 5.97 Å². The zero-order valence-corrected chi connectivity index (χ0v) is 22.9. The van der Waals surface area contributed by atoms with Gasteiger partial charge in [0, 0.05) is 12.8 Å². The first-order valence-electron chi connectivity index (χ1n) is 12.5. The van der Waals surface area contributed by atoms with Gasteiger partial charge in [0.1, 0.15) is 23.9 Å². The molecule has 2 aromatic carbocycles. The van der Waals surface area contributed by atoms with Crippen molar-refractivity contribution < 1.29 is 34.2 Å². The molecule has 216 valence electrons. The van der Waals surface area contributed by atoms with Gasteiger partial charge in [0.2, 0.25) is 23.6 Å². The molecule has 2 aromatic rings. The summed E-state index contributed by atoms with van der Waals surface area (Å²) in [6, 6.07) is 11.7. The molecule has 0 radical (unpaired) electrons. The maximum Gasteiger partial charge on any atom is 0.326 e. The monoisotopic (exact) mass is 573 g/mol. The summed E-state index contributed by atoms with van der Waals surface area (Å²) in [5, 5.41) is 29.0. The number of carbonyl (C=O) groups excluding carboxylic acids is 4. The van der Waals surface area contributed by atoms with Crippen LogP contribution in [-0.4, -0.2) is 83.0 Å². The molecular formula is C27H35N5O7S. The number of aromatic hydroxyl groups is 1. The average molecular weight is 574 g/mol. The van der Waals surface area contributed by atoms with Gasteiger partial charge in [-0.15, -0.1) is 0 Å². The smallest absolute Gasteiger partial charge is 0.326 e. The van der Waals surface area contributed by atoms with Gasteiger partial charge in [-0.3, -0.25) is 19.2 Å². The Hall–Kier alpha value is -4.10. The van der Waals surface area contributed by atoms with Crippen LogP contribution in [0.2, 0.25) is 0 Å². The van der Waals surface area contributed by atoms with Crippen molar-refractivity contribution in [3.8, 4) is 5.75 Å². The van der Waals surface area contributed by atoms with E-state index in [1.165, 1.54) is 23.9 Å². The number of amides is 4. The molecule has 3 atom stereocenters. The predicted molar refractivity (Wildman–Crippen MR) is 150 cm³/mol. The van der Waals surface area contributed by atoms with Crippen LogP contribution in [0.5, 0.6) is 5.75 Å². The van der Waals surface area contributed by atoms with Gasteiger partial charge < -0.3 is 37.2 Å². The van der Waals surface area contributed by atoms with Crippen LogP contribution in [0.4, 0.5) is 0 Å². The predicted octanol–water partition coefficient (Wildman–Crippen LogP) is -0.456. The van der Waals surface area contributed by atoms with E-state index >= 15 is 0 Å². The molecular weight excluding hydrogens is 538 g/mol. The highest BCUT2D eigenvalue weighted by atomic mass is 32.2. The average Bonchev–Trinajstić information content (AvgIpc) is 2.94. The van der Waals surface area contributed by atoms with E-state index in [1.807, 2.05) is 6.26 Å². The second kappa shape index (κ2) is 16.8. The molecule has 8 N–H and O–H groups in total. The first-order chi connectivity index (χ1) is 19.1. The molecule has 0 heterocycles. The van der Waals surface area contributed by atoms with Crippen molar-refractivity contribution in [3.05, 3.63) is 65.7 Å². The molecule has 13 heteroatoms. The number of hydrogen-bond acceptors (Lipinski definition) is 8. The summed E-state index contributed by atoms with van der Waals surface area (Å²) in [7, 11) is 0. The third kappa shape index (κ3) is 11.3. The number of phenols is 1. The topological polar surface area (TPSA) is 200 Å². The molecule has 0 saturated carbocycles. The van der Waals surface area contributed by atoms with E-state index in [-0.39, 0.29) is 31.6 Å². The lowest BCUT2D eigenvalue weighted by Gasteiger charge is -2.22. The number of carboxylic acid groups (broad SMARTS) is 1. The van der Waals surface area contributed by atoms with Crippen LogP contribution in [0.25, 0.3) is 0 Å². The molecule has 0 unspecified atom stereocenters. The van der Waals surface area contributed by atoms with Crippen LogP contribution < -0.4 is 27.0 Å². The quantitative estimate of drug-likeness (QED) is 0.139. The third-order valence-electron chi connectivity index (χ3n) is 5.80. The van der Waals surface area contributed by atoms with Gasteiger partial charge in [0.25, 0.3) is 0 Å². The Bertz CT molecular complexity index is 1150. The fourth-order valence-corrected chi connectivity index (χ4v) is 4.16. The van der Waals surface area contributed by atoms with Crippen LogP contribution in [0.1, 0.15) is 17.5 Å². The standard InChI is InChI=1S/C27H35N5O7S/c1-40-12-11-20(27(38)39)32-26(37)22(13-17-5-3-2-4-6-17)31-24(35)16-29-25(36)21(30-23(34)15-28)14-18-7-9-19(33)10-8-18/h2-10,20-22,33H,11-16,28H2,1H3,(H,29,36)(H,30,34)(H,31,35)(H,32,37)(H,38,39)/t20-,21-,22-/m0/s1. The molecule has 0 saturated heterocycles. The summed E-state index contributed by atoms with van der Waals surface area (Å²) in [6.07, 6.45) is 2.20. The summed E-state index contributed by atoms with van der Waals surface area (Å²) in [5.41, 5.74) is 6.75.